The van der Waals surface area contributed by atoms with Gasteiger partial charge in [-0.05, 0) is 115 Å². The number of carbonyl (C=O) groups excluding carboxylic acids is 1. The van der Waals surface area contributed by atoms with Crippen molar-refractivity contribution in [1.29, 1.82) is 0 Å². The third-order valence-electron chi connectivity index (χ3n) is 20.6. The van der Waals surface area contributed by atoms with Crippen LogP contribution in [-0.4, -0.2) is 129 Å². The van der Waals surface area contributed by atoms with Gasteiger partial charge in [0.05, 0.1) is 76.8 Å². The lowest BCUT2D eigenvalue weighted by Crippen LogP contribution is -2.13. The Morgan fingerprint density at radius 3 is 0.956 bits per heavy atom. The molecule has 13 aromatic rings. The Labute approximate surface area is 805 Å². The fourth-order valence-corrected chi connectivity index (χ4v) is 17.3. The average molecular weight is 1920 g/mol. The van der Waals surface area contributed by atoms with E-state index in [0.29, 0.717) is 166 Å². The van der Waals surface area contributed by atoms with Gasteiger partial charge in [-0.2, -0.15) is 0 Å². The zero-order chi connectivity index (χ0) is 100. The number of Topliss-reactive ketones (excluding diaryl/α,β-unsaturated/α-hetero) is 1. The zero-order valence-corrected chi connectivity index (χ0v) is 84.2. The Hall–Kier alpha value is -14.3. The van der Waals surface area contributed by atoms with E-state index in [2.05, 4.69) is 144 Å². The first-order valence-electron chi connectivity index (χ1n) is 44.3. The van der Waals surface area contributed by atoms with Crippen LogP contribution in [0.5, 0.6) is 69.0 Å². The van der Waals surface area contributed by atoms with Gasteiger partial charge < -0.3 is 72.1 Å². The number of hydrogen-bond acceptors (Lipinski definition) is 35. The molecule has 38 heteroatoms. The second kappa shape index (κ2) is 49.3. The molecule has 0 saturated carbocycles. The van der Waals surface area contributed by atoms with Gasteiger partial charge >= 0.3 is 0 Å². The number of nitrogens with zero attached hydrogens (tertiary/aromatic N) is 18. The van der Waals surface area contributed by atoms with Gasteiger partial charge in [0.1, 0.15) is 109 Å². The minimum atomic E-state index is -2.38. The van der Waals surface area contributed by atoms with E-state index in [1.807, 2.05) is 104 Å². The van der Waals surface area contributed by atoms with Crippen LogP contribution in [0, 0.1) is 41.5 Å². The number of ketones is 1. The van der Waals surface area contributed by atoms with Crippen LogP contribution in [0.15, 0.2) is 164 Å². The van der Waals surface area contributed by atoms with E-state index >= 15 is 0 Å². The molecule has 1 aliphatic rings. The minimum Gasteiger partial charge on any atom is -0.492 e. The van der Waals surface area contributed by atoms with E-state index in [1.54, 1.807) is 128 Å². The van der Waals surface area contributed by atoms with Crippen LogP contribution in [0.2, 0.25) is 0 Å². The van der Waals surface area contributed by atoms with Crippen LogP contribution in [0.4, 0.5) is 34.9 Å². The molecule has 0 amide bonds. The van der Waals surface area contributed by atoms with Crippen LogP contribution in [0.1, 0.15) is 248 Å². The number of aromatic nitrogens is 18. The second-order valence-electron chi connectivity index (χ2n) is 33.7. The van der Waals surface area contributed by atoms with Crippen molar-refractivity contribution in [3.63, 3.8) is 0 Å². The van der Waals surface area contributed by atoms with Crippen molar-refractivity contribution in [3.05, 3.63) is 245 Å². The number of anilines is 6. The molecule has 1 aliphatic heterocycles. The van der Waals surface area contributed by atoms with E-state index in [1.165, 1.54) is 19.3 Å². The molecule has 0 bridgehead atoms. The van der Waals surface area contributed by atoms with Crippen molar-refractivity contribution in [3.8, 4) is 69.0 Å². The standard InChI is InChI=1S/C20H22N4O2S.C17H23N4O2P.C17H22N4O2.C16H20N4O.C15H18N4O2.C14H18N4O2S/c1-13(2)16-10-23-19(27(25)12-15-7-5-4-6-8-15)9-17(16)26-18-11-22-14(3)24-20(18)21;1-11(2)13-9-20-16(24(22)6-4-5-7-24)8-14(13)23-15-10-19-12(3)21-17(15)18;1-6-22-11(4)14-7-15(13(8-20-14)10(2)3)23-16-9-19-12(5)21-17(16)18;1-9(2)12-7-19-13(10(3)4)6-14(12)21-15-8-18-11(5)20-16(15)17;1-8(2)11-6-18-12(9(3)20)5-13(11)21-14-7-17-10(4)19-15(14)16;1-8(2)10-6-17-13(21(4)19)5-11(10)20-12-7-16-9(3)18-14(12)15/h4-11,13H,12H2,1-3H3,(H2,21,22,24);8-11H,4-7H2,1-3H3,(H2,18,19,21);7-10H,4,6H2,1-3,5H3,(H2,18,19,21);6-9H,3H2,1-2,4-5H3,(H2,17,18,20);5-8H,1-4H3,(H2,16,17,19);5-8H,1-4H3,(H2,15,16,18). The first kappa shape index (κ1) is 106. The highest BCUT2D eigenvalue weighted by Crippen LogP contribution is 2.51. The lowest BCUT2D eigenvalue weighted by atomic mass is 10.0. The number of hydrogen-bond donors (Lipinski definition) is 6. The molecule has 12 N–H and O–H groups in total. The summed E-state index contributed by atoms with van der Waals surface area (Å²) in [5.74, 6) is 13.4. The lowest BCUT2D eigenvalue weighted by molar-refractivity contribution is 0.101. The van der Waals surface area contributed by atoms with E-state index in [0.717, 1.165) is 75.4 Å². The fourth-order valence-electron chi connectivity index (χ4n) is 13.0. The van der Waals surface area contributed by atoms with Crippen molar-refractivity contribution in [2.75, 3.05) is 59.6 Å². The lowest BCUT2D eigenvalue weighted by Gasteiger charge is -2.17. The van der Waals surface area contributed by atoms with Gasteiger partial charge in [0.25, 0.3) is 0 Å². The van der Waals surface area contributed by atoms with Crippen LogP contribution in [0.3, 0.4) is 0 Å². The predicted octanol–water partition coefficient (Wildman–Crippen LogP) is 20.1. The van der Waals surface area contributed by atoms with Crippen molar-refractivity contribution in [2.45, 2.75) is 210 Å². The summed E-state index contributed by atoms with van der Waals surface area (Å²) >= 11 is 0. The first-order valence-corrected chi connectivity index (χ1v) is 49.3. The molecular weight excluding hydrogens is 1800 g/mol. The van der Waals surface area contributed by atoms with Crippen molar-refractivity contribution < 1.29 is 50.9 Å². The number of pyridine rings is 6. The second-order valence-corrected chi connectivity index (χ2v) is 39.6. The largest absolute Gasteiger partial charge is 0.492 e. The summed E-state index contributed by atoms with van der Waals surface area (Å²) in [6, 6.07) is 20.2. The number of ether oxygens (including phenoxy) is 7. The summed E-state index contributed by atoms with van der Waals surface area (Å²) in [4.78, 5) is 86.7. The van der Waals surface area contributed by atoms with Crippen molar-refractivity contribution >= 4 is 86.2 Å². The molecule has 1 fully saturated rings. The maximum absolute atomic E-state index is 13.0. The van der Waals surface area contributed by atoms with Crippen LogP contribution >= 0.6 is 7.14 Å². The molecule has 1 saturated heterocycles. The number of benzene rings is 1. The maximum Gasteiger partial charge on any atom is 0.187 e. The third kappa shape index (κ3) is 30.3. The van der Waals surface area contributed by atoms with Crippen molar-refractivity contribution in [2.24, 2.45) is 0 Å². The Morgan fingerprint density at radius 1 is 0.372 bits per heavy atom. The fraction of sp³-hybridized carbons (Fsp3) is 0.343. The number of nitrogen functional groups attached to an aromatic ring is 6. The number of aryl methyl sites for hydroxylation is 6. The minimum absolute atomic E-state index is 0.122. The molecule has 14 rings (SSSR count). The topological polar surface area (TPSA) is 521 Å². The predicted molar refractivity (Wildman–Crippen MR) is 538 cm³/mol. The summed E-state index contributed by atoms with van der Waals surface area (Å²) in [6.07, 6.45) is 24.8. The summed E-state index contributed by atoms with van der Waals surface area (Å²) in [7, 11) is -4.85. The highest BCUT2D eigenvalue weighted by molar-refractivity contribution is 7.84. The van der Waals surface area contributed by atoms with E-state index in [-0.39, 0.29) is 58.7 Å². The molecule has 35 nitrogen and oxygen atoms in total. The molecule has 0 aliphatic carbocycles. The highest BCUT2D eigenvalue weighted by Gasteiger charge is 2.32. The molecule has 1 aromatic carbocycles. The Balaban J connectivity index is 0.000000185. The Bertz CT molecular complexity index is 6240. The highest BCUT2D eigenvalue weighted by atomic mass is 32.2. The first-order chi connectivity index (χ1) is 64.9. The SMILES string of the molecule is C=C(C)c1cc(Oc2cnc(C)nc2N)c(C(C)C)cn1.C=C(OCC)c1cc(Oc2cnc(C)nc2N)c(C(C)C)cn1.CC(=O)c1cc(Oc2cnc(C)nc2N)c(C(C)C)cn1.Cc1ncc(Oc2cc(P3(=O)CCCC3)ncc2C(C)C)c(N)n1.Cc1ncc(Oc2cc(S(=O)Cc3ccccc3)ncc2C(C)C)c(N)n1.Cc1ncc(Oc2cc(S(C)=O)ncc2C(C)C)c(N)n1. The Kier molecular flexibility index (Phi) is 38.2. The van der Waals surface area contributed by atoms with Gasteiger partial charge in [-0.25, -0.2) is 69.8 Å². The van der Waals surface area contributed by atoms with Crippen LogP contribution in [0.25, 0.3) is 11.3 Å². The van der Waals surface area contributed by atoms with Gasteiger partial charge in [-0.3, -0.25) is 33.1 Å². The summed E-state index contributed by atoms with van der Waals surface area (Å²) in [5.41, 5.74) is 45.2. The summed E-state index contributed by atoms with van der Waals surface area (Å²) in [5, 5.41) is 0.922. The van der Waals surface area contributed by atoms with Crippen LogP contribution < -0.4 is 68.3 Å². The van der Waals surface area contributed by atoms with E-state index < -0.39 is 28.7 Å². The zero-order valence-electron chi connectivity index (χ0n) is 81.7. The average Bonchev–Trinajstić information content (AvgIpc) is 1.68. The van der Waals surface area contributed by atoms with Gasteiger partial charge in [0.15, 0.2) is 75.2 Å². The number of allylic oxidation sites excluding steroid dienone is 1. The molecule has 13 heterocycles. The molecule has 137 heavy (non-hydrogen) atoms. The molecule has 0 spiro atoms. The molecule has 2 atom stereocenters. The molecule has 2 unspecified atom stereocenters. The smallest absolute Gasteiger partial charge is 0.187 e. The molecular formula is C99H123N24O11PS2. The Morgan fingerprint density at radius 2 is 0.650 bits per heavy atom. The molecule has 0 radical (unpaired) electrons. The summed E-state index contributed by atoms with van der Waals surface area (Å²) in [6.45, 7) is 48.8. The molecule has 12 aromatic heterocycles. The van der Waals surface area contributed by atoms with E-state index in [4.69, 9.17) is 67.6 Å². The number of rotatable bonds is 28. The van der Waals surface area contributed by atoms with E-state index in [9.17, 15) is 17.8 Å². The third-order valence-corrected chi connectivity index (χ3v) is 25.8. The van der Waals surface area contributed by atoms with Gasteiger partial charge in [-0.15, -0.1) is 0 Å². The van der Waals surface area contributed by atoms with Gasteiger partial charge in [0, 0.05) is 132 Å². The monoisotopic (exact) mass is 1920 g/mol. The van der Waals surface area contributed by atoms with Gasteiger partial charge in [0.2, 0.25) is 0 Å². The molecule has 722 valence electrons. The summed E-state index contributed by atoms with van der Waals surface area (Å²) < 4.78 is 78.2. The van der Waals surface area contributed by atoms with Crippen molar-refractivity contribution in [1.82, 2.24) is 89.7 Å². The van der Waals surface area contributed by atoms with Gasteiger partial charge in [-0.1, -0.05) is 127 Å². The normalized spacial score (nSPS) is 12.3. The quantitative estimate of drug-likeness (QED) is 0.0151. The number of carbonyl (C=O) groups is 1. The number of nitrogens with two attached hydrogens (primary N) is 6. The maximum atomic E-state index is 13.0. The van der Waals surface area contributed by atoms with Crippen LogP contribution in [-0.2, 0) is 36.7 Å².